The van der Waals surface area contributed by atoms with Gasteiger partial charge in [0.2, 0.25) is 5.91 Å². The van der Waals surface area contributed by atoms with E-state index in [2.05, 4.69) is 10.2 Å². The Kier molecular flexibility index (Phi) is 6.95. The number of benzene rings is 1. The van der Waals surface area contributed by atoms with Gasteiger partial charge in [-0.15, -0.1) is 0 Å². The molecule has 8 heteroatoms. The van der Waals surface area contributed by atoms with Crippen LogP contribution in [0.3, 0.4) is 0 Å². The van der Waals surface area contributed by atoms with E-state index in [9.17, 15) is 23.1 Å². The van der Waals surface area contributed by atoms with Crippen molar-refractivity contribution in [3.63, 3.8) is 0 Å². The smallest absolute Gasteiger partial charge is 0.392 e. The summed E-state index contributed by atoms with van der Waals surface area (Å²) in [5.74, 6) is -0.316. The van der Waals surface area contributed by atoms with Gasteiger partial charge in [0, 0.05) is 32.1 Å². The fourth-order valence-corrected chi connectivity index (χ4v) is 4.01. The number of hydrogen-bond donors (Lipinski definition) is 2. The Bertz CT molecular complexity index is 660. The largest absolute Gasteiger partial charge is 0.401 e. The van der Waals surface area contributed by atoms with E-state index < -0.39 is 12.7 Å². The number of alkyl halides is 3. The molecule has 1 unspecified atom stereocenters. The number of nitrogens with zero attached hydrogens (tertiary/aromatic N) is 2. The minimum atomic E-state index is -4.19. The molecule has 2 fully saturated rings. The van der Waals surface area contributed by atoms with Gasteiger partial charge >= 0.3 is 6.18 Å². The second-order valence-electron chi connectivity index (χ2n) is 7.83. The molecule has 2 N–H and O–H groups in total. The van der Waals surface area contributed by atoms with Crippen LogP contribution in [0, 0.1) is 5.92 Å². The third-order valence-corrected chi connectivity index (χ3v) is 5.57. The minimum Gasteiger partial charge on any atom is -0.392 e. The van der Waals surface area contributed by atoms with Gasteiger partial charge < -0.3 is 10.4 Å². The summed E-state index contributed by atoms with van der Waals surface area (Å²) in [4.78, 5) is 16.0. The molecule has 28 heavy (non-hydrogen) atoms. The number of nitrogens with one attached hydrogen (secondary N) is 1. The Balaban J connectivity index is 1.47. The SMILES string of the molecule is O=C(NCc1ccccc1CN1CCC(O)C1)C1CCN(CC(F)(F)F)CC1. The number of aliphatic hydroxyl groups excluding tert-OH is 1. The highest BCUT2D eigenvalue weighted by atomic mass is 19.4. The van der Waals surface area contributed by atoms with Gasteiger partial charge in [-0.2, -0.15) is 13.2 Å². The molecule has 0 aromatic heterocycles. The molecule has 0 saturated carbocycles. The first-order valence-corrected chi connectivity index (χ1v) is 9.84. The van der Waals surface area contributed by atoms with Gasteiger partial charge in [-0.05, 0) is 43.5 Å². The number of β-amino-alcohol motifs (C(OH)–C–C–N with tert-alkyl or cyclic N) is 1. The third-order valence-electron chi connectivity index (χ3n) is 5.57. The lowest BCUT2D eigenvalue weighted by atomic mass is 9.95. The van der Waals surface area contributed by atoms with Gasteiger partial charge in [0.1, 0.15) is 0 Å². The predicted molar refractivity (Wildman–Crippen MR) is 99.4 cm³/mol. The van der Waals surface area contributed by atoms with Crippen molar-refractivity contribution in [3.8, 4) is 0 Å². The number of aliphatic hydroxyl groups is 1. The highest BCUT2D eigenvalue weighted by Crippen LogP contribution is 2.23. The van der Waals surface area contributed by atoms with Crippen molar-refractivity contribution >= 4 is 5.91 Å². The second-order valence-corrected chi connectivity index (χ2v) is 7.83. The lowest BCUT2D eigenvalue weighted by molar-refractivity contribution is -0.149. The summed E-state index contributed by atoms with van der Waals surface area (Å²) < 4.78 is 37.4. The summed E-state index contributed by atoms with van der Waals surface area (Å²) in [6.07, 6.45) is -2.77. The molecule has 2 saturated heterocycles. The van der Waals surface area contributed by atoms with Crippen LogP contribution < -0.4 is 5.32 Å². The summed E-state index contributed by atoms with van der Waals surface area (Å²) in [7, 11) is 0. The molecule has 5 nitrogen and oxygen atoms in total. The van der Waals surface area contributed by atoms with Crippen LogP contribution in [0.1, 0.15) is 30.4 Å². The Morgan fingerprint density at radius 3 is 2.32 bits per heavy atom. The average molecular weight is 399 g/mol. The molecule has 1 atom stereocenters. The van der Waals surface area contributed by atoms with Gasteiger partial charge in [0.05, 0.1) is 12.6 Å². The monoisotopic (exact) mass is 399 g/mol. The summed E-state index contributed by atoms with van der Waals surface area (Å²) in [5.41, 5.74) is 2.16. The first kappa shape index (κ1) is 21.1. The maximum atomic E-state index is 12.5. The Labute approximate surface area is 163 Å². The fraction of sp³-hybridized carbons (Fsp3) is 0.650. The molecule has 0 spiro atoms. The minimum absolute atomic E-state index is 0.0851. The van der Waals surface area contributed by atoms with E-state index in [0.29, 0.717) is 39.0 Å². The lowest BCUT2D eigenvalue weighted by Gasteiger charge is -2.31. The average Bonchev–Trinajstić information content (AvgIpc) is 3.05. The zero-order valence-electron chi connectivity index (χ0n) is 15.9. The molecule has 3 rings (SSSR count). The van der Waals surface area contributed by atoms with Crippen LogP contribution in [0.4, 0.5) is 13.2 Å². The molecule has 2 aliphatic heterocycles. The number of halogens is 3. The number of amides is 1. The number of carbonyl (C=O) groups excluding carboxylic acids is 1. The van der Waals surface area contributed by atoms with E-state index in [0.717, 1.165) is 30.6 Å². The maximum absolute atomic E-state index is 12.5. The molecule has 1 aromatic rings. The predicted octanol–water partition coefficient (Wildman–Crippen LogP) is 2.14. The number of rotatable bonds is 6. The second kappa shape index (κ2) is 9.24. The standard InChI is InChI=1S/C20H28F3N3O2/c21-20(22,23)14-25-8-5-15(6-9-25)19(28)24-11-16-3-1-2-4-17(16)12-26-10-7-18(27)13-26/h1-4,15,18,27H,5-14H2,(H,24,28). The van der Waals surface area contributed by atoms with Gasteiger partial charge in [0.25, 0.3) is 0 Å². The van der Waals surface area contributed by atoms with Crippen LogP contribution >= 0.6 is 0 Å². The van der Waals surface area contributed by atoms with Crippen molar-refractivity contribution in [3.05, 3.63) is 35.4 Å². The number of piperidine rings is 1. The van der Waals surface area contributed by atoms with E-state index in [1.54, 1.807) is 0 Å². The van der Waals surface area contributed by atoms with Crippen LogP contribution in [0.2, 0.25) is 0 Å². The summed E-state index contributed by atoms with van der Waals surface area (Å²) >= 11 is 0. The number of carbonyl (C=O) groups is 1. The van der Waals surface area contributed by atoms with Crippen molar-refractivity contribution in [1.82, 2.24) is 15.1 Å². The van der Waals surface area contributed by atoms with E-state index >= 15 is 0 Å². The molecule has 156 valence electrons. The molecule has 2 aliphatic rings. The van der Waals surface area contributed by atoms with Crippen LogP contribution in [-0.2, 0) is 17.9 Å². The van der Waals surface area contributed by atoms with Crippen LogP contribution in [0.5, 0.6) is 0 Å². The molecule has 2 heterocycles. The van der Waals surface area contributed by atoms with Gasteiger partial charge in [0.15, 0.2) is 0 Å². The third kappa shape index (κ3) is 6.18. The highest BCUT2D eigenvalue weighted by molar-refractivity contribution is 5.78. The number of likely N-dealkylation sites (tertiary alicyclic amines) is 2. The van der Waals surface area contributed by atoms with Gasteiger partial charge in [-0.1, -0.05) is 24.3 Å². The molecular formula is C20H28F3N3O2. The normalized spacial score (nSPS) is 22.5. The van der Waals surface area contributed by atoms with Gasteiger partial charge in [-0.3, -0.25) is 14.6 Å². The zero-order chi connectivity index (χ0) is 20.1. The van der Waals surface area contributed by atoms with Crippen molar-refractivity contribution in [1.29, 1.82) is 0 Å². The topological polar surface area (TPSA) is 55.8 Å². The Morgan fingerprint density at radius 1 is 1.07 bits per heavy atom. The fourth-order valence-electron chi connectivity index (χ4n) is 4.01. The van der Waals surface area contributed by atoms with Crippen molar-refractivity contribution in [2.45, 2.75) is 44.6 Å². The zero-order valence-corrected chi connectivity index (χ0v) is 15.9. The number of hydrogen-bond acceptors (Lipinski definition) is 4. The molecule has 1 aromatic carbocycles. The van der Waals surface area contributed by atoms with Crippen molar-refractivity contribution < 1.29 is 23.1 Å². The van der Waals surface area contributed by atoms with Crippen molar-refractivity contribution in [2.24, 2.45) is 5.92 Å². The lowest BCUT2D eigenvalue weighted by Crippen LogP contribution is -2.43. The van der Waals surface area contributed by atoms with E-state index in [4.69, 9.17) is 0 Å². The molecule has 0 bridgehead atoms. The highest BCUT2D eigenvalue weighted by Gasteiger charge is 2.33. The first-order valence-electron chi connectivity index (χ1n) is 9.84. The van der Waals surface area contributed by atoms with Crippen LogP contribution in [0.25, 0.3) is 0 Å². The Morgan fingerprint density at radius 2 is 1.71 bits per heavy atom. The van der Waals surface area contributed by atoms with E-state index in [1.807, 2.05) is 24.3 Å². The summed E-state index contributed by atoms with van der Waals surface area (Å²) in [5, 5.41) is 12.6. The van der Waals surface area contributed by atoms with E-state index in [-0.39, 0.29) is 17.9 Å². The van der Waals surface area contributed by atoms with Gasteiger partial charge in [-0.25, -0.2) is 0 Å². The molecular weight excluding hydrogens is 371 g/mol. The van der Waals surface area contributed by atoms with E-state index in [1.165, 1.54) is 4.90 Å². The quantitative estimate of drug-likeness (QED) is 0.770. The maximum Gasteiger partial charge on any atom is 0.401 e. The molecule has 1 amide bonds. The Hall–Kier alpha value is -1.64. The molecule has 0 radical (unpaired) electrons. The molecule has 0 aliphatic carbocycles. The summed E-state index contributed by atoms with van der Waals surface area (Å²) in [6.45, 7) is 2.36. The first-order chi connectivity index (χ1) is 13.3. The van der Waals surface area contributed by atoms with Crippen LogP contribution in [-0.4, -0.2) is 65.8 Å². The van der Waals surface area contributed by atoms with Crippen molar-refractivity contribution in [2.75, 3.05) is 32.7 Å². The van der Waals surface area contributed by atoms with Crippen LogP contribution in [0.15, 0.2) is 24.3 Å². The summed E-state index contributed by atoms with van der Waals surface area (Å²) in [6, 6.07) is 7.90.